The molecule has 0 saturated heterocycles. The number of alkyl halides is 3. The van der Waals surface area contributed by atoms with Crippen molar-refractivity contribution in [2.45, 2.75) is 19.1 Å². The van der Waals surface area contributed by atoms with Gasteiger partial charge in [-0.3, -0.25) is 4.79 Å². The molecule has 1 amide bonds. The summed E-state index contributed by atoms with van der Waals surface area (Å²) in [5.74, 6) is -2.17. The van der Waals surface area contributed by atoms with Crippen LogP contribution in [0.15, 0.2) is 60.4 Å². The largest absolute Gasteiger partial charge is 0.490 e. The highest BCUT2D eigenvalue weighted by Gasteiger charge is 2.38. The third-order valence-electron chi connectivity index (χ3n) is 4.60. The molecular weight excluding hydrogens is 432 g/mol. The zero-order valence-corrected chi connectivity index (χ0v) is 16.9. The number of ether oxygens (including phenoxy) is 1. The lowest BCUT2D eigenvalue weighted by Crippen LogP contribution is -2.35. The standard InChI is InChI=1S/C20H21FN2O2.C2HF3O2/c21-11-15(12-22)14-25-19-7-5-17(6-8-19)20(24)23-10-9-16-3-1-2-4-18(16)13-23;3-2(4,5)1(6)7/h1-8,11H,9-10,12-14,22H2;(H,6,7). The molecule has 3 rings (SSSR count). The van der Waals surface area contributed by atoms with E-state index in [0.717, 1.165) is 13.0 Å². The van der Waals surface area contributed by atoms with E-state index >= 15 is 0 Å². The molecule has 0 fully saturated rings. The zero-order valence-electron chi connectivity index (χ0n) is 16.9. The third-order valence-corrected chi connectivity index (χ3v) is 4.60. The van der Waals surface area contributed by atoms with E-state index in [1.165, 1.54) is 11.1 Å². The van der Waals surface area contributed by atoms with Crippen LogP contribution in [0.2, 0.25) is 0 Å². The van der Waals surface area contributed by atoms with Crippen LogP contribution in [0.4, 0.5) is 17.6 Å². The van der Waals surface area contributed by atoms with Crippen LogP contribution in [0.5, 0.6) is 5.75 Å². The van der Waals surface area contributed by atoms with Gasteiger partial charge in [-0.15, -0.1) is 0 Å². The molecule has 1 heterocycles. The molecule has 0 bridgehead atoms. The molecule has 2 aromatic rings. The minimum atomic E-state index is -5.08. The summed E-state index contributed by atoms with van der Waals surface area (Å²) in [5.41, 5.74) is 8.90. The number of hydrogen-bond acceptors (Lipinski definition) is 4. The monoisotopic (exact) mass is 454 g/mol. The van der Waals surface area contributed by atoms with Crippen molar-refractivity contribution in [3.8, 4) is 5.75 Å². The summed E-state index contributed by atoms with van der Waals surface area (Å²) in [4.78, 5) is 23.4. The van der Waals surface area contributed by atoms with Gasteiger partial charge in [-0.25, -0.2) is 9.18 Å². The van der Waals surface area contributed by atoms with Crippen LogP contribution >= 0.6 is 0 Å². The lowest BCUT2D eigenvalue weighted by atomic mass is 9.99. The highest BCUT2D eigenvalue weighted by Crippen LogP contribution is 2.21. The van der Waals surface area contributed by atoms with Gasteiger partial charge in [0.1, 0.15) is 12.4 Å². The number of carboxylic acids is 1. The van der Waals surface area contributed by atoms with E-state index < -0.39 is 12.1 Å². The van der Waals surface area contributed by atoms with Gasteiger partial charge in [-0.05, 0) is 41.8 Å². The Morgan fingerprint density at radius 2 is 1.69 bits per heavy atom. The average molecular weight is 454 g/mol. The molecule has 6 nitrogen and oxygen atoms in total. The average Bonchev–Trinajstić information content (AvgIpc) is 2.79. The number of benzene rings is 2. The molecule has 0 spiro atoms. The van der Waals surface area contributed by atoms with Crippen molar-refractivity contribution in [3.05, 3.63) is 77.1 Å². The second kappa shape index (κ2) is 11.3. The second-order valence-corrected chi connectivity index (χ2v) is 6.83. The Bertz CT molecular complexity index is 959. The molecule has 0 aliphatic carbocycles. The second-order valence-electron chi connectivity index (χ2n) is 6.83. The van der Waals surface area contributed by atoms with E-state index in [1.807, 2.05) is 17.0 Å². The third kappa shape index (κ3) is 7.09. The minimum Gasteiger partial charge on any atom is -0.489 e. The normalized spacial score (nSPS) is 13.5. The first-order valence-electron chi connectivity index (χ1n) is 9.53. The zero-order chi connectivity index (χ0) is 23.7. The Balaban J connectivity index is 0.000000451. The Morgan fingerprint density at radius 3 is 2.22 bits per heavy atom. The van der Waals surface area contributed by atoms with Crippen LogP contribution in [0.25, 0.3) is 0 Å². The van der Waals surface area contributed by atoms with Crippen LogP contribution in [-0.2, 0) is 17.8 Å². The maximum atomic E-state index is 12.7. The first kappa shape index (κ1) is 24.9. The van der Waals surface area contributed by atoms with Crippen molar-refractivity contribution in [2.24, 2.45) is 5.73 Å². The maximum Gasteiger partial charge on any atom is 0.490 e. The molecule has 2 aromatic carbocycles. The molecule has 0 aromatic heterocycles. The number of nitrogens with zero attached hydrogens (tertiary/aromatic N) is 1. The summed E-state index contributed by atoms with van der Waals surface area (Å²) >= 11 is 0. The SMILES string of the molecule is NCC(=CF)COc1ccc(C(=O)N2CCc3ccccc3C2)cc1.O=C(O)C(F)(F)F. The highest BCUT2D eigenvalue weighted by atomic mass is 19.4. The summed E-state index contributed by atoms with van der Waals surface area (Å²) < 4.78 is 49.7. The van der Waals surface area contributed by atoms with Gasteiger partial charge in [0.2, 0.25) is 0 Å². The molecule has 10 heteroatoms. The molecule has 1 aliphatic heterocycles. The smallest absolute Gasteiger partial charge is 0.489 e. The Kier molecular flexibility index (Phi) is 8.77. The van der Waals surface area contributed by atoms with Gasteiger partial charge in [-0.2, -0.15) is 13.2 Å². The van der Waals surface area contributed by atoms with Crippen LogP contribution in [-0.4, -0.2) is 47.8 Å². The van der Waals surface area contributed by atoms with E-state index in [2.05, 4.69) is 12.1 Å². The molecule has 32 heavy (non-hydrogen) atoms. The van der Waals surface area contributed by atoms with E-state index in [4.69, 9.17) is 20.4 Å². The molecule has 3 N–H and O–H groups in total. The van der Waals surface area contributed by atoms with Gasteiger partial charge < -0.3 is 20.5 Å². The van der Waals surface area contributed by atoms with Gasteiger partial charge in [-0.1, -0.05) is 24.3 Å². The fraction of sp³-hybridized carbons (Fsp3) is 0.273. The van der Waals surface area contributed by atoms with Crippen LogP contribution in [0.3, 0.4) is 0 Å². The van der Waals surface area contributed by atoms with Crippen molar-refractivity contribution >= 4 is 11.9 Å². The Morgan fingerprint density at radius 1 is 1.09 bits per heavy atom. The number of hydrogen-bond donors (Lipinski definition) is 2. The van der Waals surface area contributed by atoms with E-state index in [9.17, 15) is 22.4 Å². The number of rotatable bonds is 5. The first-order valence-corrected chi connectivity index (χ1v) is 9.53. The fourth-order valence-corrected chi connectivity index (χ4v) is 2.86. The Hall–Kier alpha value is -3.40. The summed E-state index contributed by atoms with van der Waals surface area (Å²) in [7, 11) is 0. The van der Waals surface area contributed by atoms with Gasteiger partial charge in [0, 0.05) is 30.8 Å². The van der Waals surface area contributed by atoms with Crippen molar-refractivity contribution < 1.29 is 37.0 Å². The van der Waals surface area contributed by atoms with Crippen LogP contribution in [0, 0.1) is 0 Å². The number of aliphatic carboxylic acids is 1. The summed E-state index contributed by atoms with van der Waals surface area (Å²) in [6, 6.07) is 15.1. The van der Waals surface area contributed by atoms with Gasteiger partial charge in [0.25, 0.3) is 5.91 Å². The maximum absolute atomic E-state index is 12.7. The molecule has 0 unspecified atom stereocenters. The minimum absolute atomic E-state index is 0.00681. The molecule has 0 atom stereocenters. The van der Waals surface area contributed by atoms with E-state index in [1.54, 1.807) is 24.3 Å². The topological polar surface area (TPSA) is 92.9 Å². The predicted molar refractivity (Wildman–Crippen MR) is 109 cm³/mol. The van der Waals surface area contributed by atoms with Gasteiger partial charge >= 0.3 is 12.1 Å². The first-order chi connectivity index (χ1) is 15.2. The van der Waals surface area contributed by atoms with Crippen molar-refractivity contribution in [1.82, 2.24) is 4.90 Å². The quantitative estimate of drug-likeness (QED) is 0.672. The van der Waals surface area contributed by atoms with Gasteiger partial charge in [0.15, 0.2) is 0 Å². The van der Waals surface area contributed by atoms with Crippen LogP contribution < -0.4 is 10.5 Å². The number of halogens is 4. The predicted octanol–water partition coefficient (Wildman–Crippen LogP) is 3.71. The summed E-state index contributed by atoms with van der Waals surface area (Å²) in [6.07, 6.45) is -3.74. The van der Waals surface area contributed by atoms with Gasteiger partial charge in [0.05, 0.1) is 6.33 Å². The molecular formula is C22H22F4N2O4. The summed E-state index contributed by atoms with van der Waals surface area (Å²) in [6.45, 7) is 1.57. The molecule has 0 saturated carbocycles. The van der Waals surface area contributed by atoms with Crippen molar-refractivity contribution in [3.63, 3.8) is 0 Å². The van der Waals surface area contributed by atoms with Crippen molar-refractivity contribution in [1.29, 1.82) is 0 Å². The fourth-order valence-electron chi connectivity index (χ4n) is 2.86. The number of nitrogens with two attached hydrogens (primary N) is 1. The molecule has 1 aliphatic rings. The lowest BCUT2D eigenvalue weighted by molar-refractivity contribution is -0.192. The van der Waals surface area contributed by atoms with Crippen molar-refractivity contribution in [2.75, 3.05) is 19.7 Å². The number of amides is 1. The van der Waals surface area contributed by atoms with E-state index in [0.29, 0.717) is 29.8 Å². The van der Waals surface area contributed by atoms with Crippen LogP contribution in [0.1, 0.15) is 21.5 Å². The Labute approximate surface area is 181 Å². The number of fused-ring (bicyclic) bond motifs is 1. The number of carbonyl (C=O) groups is 2. The lowest BCUT2D eigenvalue weighted by Gasteiger charge is -2.29. The number of carboxylic acid groups (broad SMARTS) is 1. The van der Waals surface area contributed by atoms with E-state index in [-0.39, 0.29) is 19.1 Å². The summed E-state index contributed by atoms with van der Waals surface area (Å²) in [5, 5.41) is 7.12. The molecule has 0 radical (unpaired) electrons. The molecule has 172 valence electrons. The number of carbonyl (C=O) groups excluding carboxylic acids is 1. The highest BCUT2D eigenvalue weighted by molar-refractivity contribution is 5.94.